The van der Waals surface area contributed by atoms with Crippen molar-refractivity contribution in [3.05, 3.63) is 57.6 Å². The Labute approximate surface area is 133 Å². The molecule has 0 saturated heterocycles. The fourth-order valence-electron chi connectivity index (χ4n) is 2.50. The van der Waals surface area contributed by atoms with E-state index in [2.05, 4.69) is 10.3 Å². The van der Waals surface area contributed by atoms with E-state index in [-0.39, 0.29) is 11.9 Å². The second-order valence-electron chi connectivity index (χ2n) is 5.44. The van der Waals surface area contributed by atoms with Crippen LogP contribution in [0, 0.1) is 18.7 Å². The monoisotopic (exact) mass is 324 g/mol. The van der Waals surface area contributed by atoms with E-state index in [9.17, 15) is 4.39 Å². The van der Waals surface area contributed by atoms with Crippen LogP contribution in [0.3, 0.4) is 0 Å². The normalized spacial score (nSPS) is 15.8. The van der Waals surface area contributed by atoms with Crippen molar-refractivity contribution in [2.75, 3.05) is 5.32 Å². The van der Waals surface area contributed by atoms with Gasteiger partial charge >= 0.3 is 0 Å². The number of anilines is 1. The summed E-state index contributed by atoms with van der Waals surface area (Å²) in [5.41, 5.74) is 2.80. The molecule has 5 heteroatoms. The number of hydrogen-bond donors (Lipinski definition) is 1. The van der Waals surface area contributed by atoms with Gasteiger partial charge in [0.2, 0.25) is 0 Å². The Morgan fingerprint density at radius 1 is 1.24 bits per heavy atom. The Kier molecular flexibility index (Phi) is 4.05. The lowest BCUT2D eigenvalue weighted by molar-refractivity contribution is 0.622. The highest BCUT2D eigenvalue weighted by molar-refractivity contribution is 6.34. The van der Waals surface area contributed by atoms with Crippen molar-refractivity contribution in [1.29, 1.82) is 0 Å². The van der Waals surface area contributed by atoms with Crippen LogP contribution in [0.2, 0.25) is 10.3 Å². The van der Waals surface area contributed by atoms with Crippen molar-refractivity contribution >= 4 is 28.9 Å². The maximum Gasteiger partial charge on any atom is 0.154 e. The van der Waals surface area contributed by atoms with Crippen LogP contribution in [0.4, 0.5) is 10.1 Å². The van der Waals surface area contributed by atoms with Crippen LogP contribution in [0.1, 0.15) is 30.0 Å². The molecular weight excluding hydrogens is 310 g/mol. The predicted octanol–water partition coefficient (Wildman–Crippen LogP) is 5.40. The van der Waals surface area contributed by atoms with Gasteiger partial charge in [-0.2, -0.15) is 0 Å². The minimum absolute atomic E-state index is 0.116. The zero-order chi connectivity index (χ0) is 15.0. The number of aryl methyl sites for hydroxylation is 1. The van der Waals surface area contributed by atoms with Gasteiger partial charge in [0.05, 0.1) is 11.7 Å². The molecule has 1 atom stereocenters. The molecule has 1 N–H and O–H groups in total. The van der Waals surface area contributed by atoms with Gasteiger partial charge in [0.1, 0.15) is 11.0 Å². The van der Waals surface area contributed by atoms with Crippen LogP contribution in [0.25, 0.3) is 0 Å². The molecule has 110 valence electrons. The highest BCUT2D eigenvalue weighted by atomic mass is 35.5. The number of halogens is 3. The van der Waals surface area contributed by atoms with E-state index in [4.69, 9.17) is 23.2 Å². The van der Waals surface area contributed by atoms with Crippen LogP contribution in [-0.4, -0.2) is 4.98 Å². The lowest BCUT2D eigenvalue weighted by Gasteiger charge is -2.22. The predicted molar refractivity (Wildman–Crippen MR) is 84.5 cm³/mol. The fraction of sp³-hybridized carbons (Fsp3) is 0.312. The smallest absolute Gasteiger partial charge is 0.154 e. The quantitative estimate of drug-likeness (QED) is 0.761. The van der Waals surface area contributed by atoms with Gasteiger partial charge in [0.25, 0.3) is 0 Å². The lowest BCUT2D eigenvalue weighted by atomic mass is 10.0. The van der Waals surface area contributed by atoms with Crippen molar-refractivity contribution in [2.24, 2.45) is 5.92 Å². The van der Waals surface area contributed by atoms with Gasteiger partial charge in [-0.3, -0.25) is 0 Å². The summed E-state index contributed by atoms with van der Waals surface area (Å²) in [5, 5.41) is 4.22. The van der Waals surface area contributed by atoms with E-state index >= 15 is 0 Å². The van der Waals surface area contributed by atoms with Gasteiger partial charge in [-0.05, 0) is 55.0 Å². The summed E-state index contributed by atoms with van der Waals surface area (Å²) < 4.78 is 13.1. The molecule has 2 aromatic rings. The van der Waals surface area contributed by atoms with Gasteiger partial charge in [-0.1, -0.05) is 35.3 Å². The van der Waals surface area contributed by atoms with Crippen molar-refractivity contribution in [3.8, 4) is 0 Å². The van der Waals surface area contributed by atoms with E-state index in [1.165, 1.54) is 12.1 Å². The maximum absolute atomic E-state index is 13.1. The van der Waals surface area contributed by atoms with Crippen LogP contribution in [0.15, 0.2) is 30.3 Å². The molecule has 1 aliphatic carbocycles. The highest BCUT2D eigenvalue weighted by Crippen LogP contribution is 2.44. The Morgan fingerprint density at radius 2 is 1.90 bits per heavy atom. The van der Waals surface area contributed by atoms with Crippen molar-refractivity contribution in [2.45, 2.75) is 25.8 Å². The summed E-state index contributed by atoms with van der Waals surface area (Å²) in [6.07, 6.45) is 2.32. The van der Waals surface area contributed by atoms with E-state index in [0.29, 0.717) is 16.2 Å². The molecule has 0 bridgehead atoms. The maximum atomic E-state index is 13.1. The zero-order valence-corrected chi connectivity index (χ0v) is 13.0. The number of rotatable bonds is 4. The molecule has 1 unspecified atom stereocenters. The van der Waals surface area contributed by atoms with Gasteiger partial charge in [-0.25, -0.2) is 9.37 Å². The number of pyridine rings is 1. The first kappa shape index (κ1) is 14.6. The van der Waals surface area contributed by atoms with Gasteiger partial charge in [0, 0.05) is 0 Å². The summed E-state index contributed by atoms with van der Waals surface area (Å²) in [5.74, 6) is 0.317. The molecule has 2 nitrogen and oxygen atoms in total. The Bertz CT molecular complexity index is 631. The van der Waals surface area contributed by atoms with Crippen LogP contribution < -0.4 is 5.32 Å². The van der Waals surface area contributed by atoms with E-state index in [1.54, 1.807) is 6.07 Å². The number of nitrogens with one attached hydrogen (secondary N) is 1. The van der Waals surface area contributed by atoms with Crippen molar-refractivity contribution < 1.29 is 4.39 Å². The van der Waals surface area contributed by atoms with Crippen LogP contribution in [0.5, 0.6) is 0 Å². The minimum atomic E-state index is -0.226. The number of hydrogen-bond acceptors (Lipinski definition) is 2. The lowest BCUT2D eigenvalue weighted by Crippen LogP contribution is -2.14. The first-order valence-corrected chi connectivity index (χ1v) is 7.65. The largest absolute Gasteiger partial charge is 0.375 e. The third-order valence-electron chi connectivity index (χ3n) is 3.76. The molecule has 1 fully saturated rings. The standard InChI is InChI=1S/C16H15Cl2FN2/c1-9-8-13(17)20-16(18)14(9)21-15(10-2-3-10)11-4-6-12(19)7-5-11/h4-8,10,15,21H,2-3H2,1H3. The third-order valence-corrected chi connectivity index (χ3v) is 4.23. The molecular formula is C16H15Cl2FN2. The second kappa shape index (κ2) is 5.82. The average Bonchev–Trinajstić information content (AvgIpc) is 3.24. The van der Waals surface area contributed by atoms with Crippen molar-refractivity contribution in [1.82, 2.24) is 4.98 Å². The van der Waals surface area contributed by atoms with E-state index in [1.807, 2.05) is 19.1 Å². The summed E-state index contributed by atoms with van der Waals surface area (Å²) in [6, 6.07) is 8.51. The molecule has 1 aliphatic rings. The second-order valence-corrected chi connectivity index (χ2v) is 6.18. The summed E-state index contributed by atoms with van der Waals surface area (Å²) >= 11 is 12.1. The average molecular weight is 325 g/mol. The fourth-order valence-corrected chi connectivity index (χ4v) is 3.08. The molecule has 1 aromatic heterocycles. The molecule has 21 heavy (non-hydrogen) atoms. The first-order valence-electron chi connectivity index (χ1n) is 6.89. The van der Waals surface area contributed by atoms with Gasteiger partial charge in [0.15, 0.2) is 5.15 Å². The van der Waals surface area contributed by atoms with Gasteiger partial charge in [-0.15, -0.1) is 0 Å². The highest BCUT2D eigenvalue weighted by Gasteiger charge is 2.33. The molecule has 0 spiro atoms. The Balaban J connectivity index is 1.91. The molecule has 1 heterocycles. The number of aromatic nitrogens is 1. The molecule has 0 aliphatic heterocycles. The topological polar surface area (TPSA) is 24.9 Å². The summed E-state index contributed by atoms with van der Waals surface area (Å²) in [4.78, 5) is 4.08. The Morgan fingerprint density at radius 3 is 2.48 bits per heavy atom. The molecule has 1 aromatic carbocycles. The first-order chi connectivity index (χ1) is 10.0. The third kappa shape index (κ3) is 3.30. The van der Waals surface area contributed by atoms with Crippen LogP contribution in [-0.2, 0) is 0 Å². The van der Waals surface area contributed by atoms with Gasteiger partial charge < -0.3 is 5.32 Å². The zero-order valence-electron chi connectivity index (χ0n) is 11.5. The van der Waals surface area contributed by atoms with Crippen LogP contribution >= 0.6 is 23.2 Å². The summed E-state index contributed by atoms with van der Waals surface area (Å²) in [6.45, 7) is 1.94. The Hall–Kier alpha value is -1.32. The molecule has 0 amide bonds. The minimum Gasteiger partial charge on any atom is -0.375 e. The van der Waals surface area contributed by atoms with E-state index < -0.39 is 0 Å². The number of benzene rings is 1. The molecule has 1 saturated carbocycles. The molecule has 0 radical (unpaired) electrons. The SMILES string of the molecule is Cc1cc(Cl)nc(Cl)c1NC(c1ccc(F)cc1)C1CC1. The molecule has 3 rings (SSSR count). The summed E-state index contributed by atoms with van der Waals surface area (Å²) in [7, 11) is 0. The number of nitrogens with zero attached hydrogens (tertiary/aromatic N) is 1. The van der Waals surface area contributed by atoms with E-state index in [0.717, 1.165) is 29.7 Å². The van der Waals surface area contributed by atoms with Crippen molar-refractivity contribution in [3.63, 3.8) is 0 Å².